The van der Waals surface area contributed by atoms with Gasteiger partial charge in [0.2, 0.25) is 5.91 Å². The Morgan fingerprint density at radius 1 is 1.23 bits per heavy atom. The van der Waals surface area contributed by atoms with Gasteiger partial charge in [-0.15, -0.1) is 0 Å². The summed E-state index contributed by atoms with van der Waals surface area (Å²) in [6, 6.07) is 6.59. The summed E-state index contributed by atoms with van der Waals surface area (Å²) in [6.07, 6.45) is 7.79. The third-order valence-electron chi connectivity index (χ3n) is 5.85. The Balaban J connectivity index is 1.41. The molecule has 1 aromatic carbocycles. The lowest BCUT2D eigenvalue weighted by Gasteiger charge is -2.30. The van der Waals surface area contributed by atoms with Crippen molar-refractivity contribution >= 4 is 11.7 Å². The summed E-state index contributed by atoms with van der Waals surface area (Å²) in [6.45, 7) is 1.62. The number of carbonyl (C=O) groups is 1. The van der Waals surface area contributed by atoms with E-state index in [0.717, 1.165) is 37.3 Å². The van der Waals surface area contributed by atoms with E-state index in [1.165, 1.54) is 12.1 Å². The molecule has 136 valence electrons. The van der Waals surface area contributed by atoms with Crippen LogP contribution < -0.4 is 4.90 Å². The Kier molecular flexibility index (Phi) is 4.57. The van der Waals surface area contributed by atoms with Crippen LogP contribution in [0.2, 0.25) is 0 Å². The molecule has 1 aliphatic carbocycles. The highest BCUT2D eigenvalue weighted by molar-refractivity contribution is 5.79. The number of amides is 1. The van der Waals surface area contributed by atoms with Crippen LogP contribution in [0, 0.1) is 17.7 Å². The number of nitrogens with zero attached hydrogens (tertiary/aromatic N) is 4. The van der Waals surface area contributed by atoms with Gasteiger partial charge in [0.15, 0.2) is 0 Å². The second kappa shape index (κ2) is 7.02. The number of carbonyl (C=O) groups excluding carboxylic acids is 1. The summed E-state index contributed by atoms with van der Waals surface area (Å²) < 4.78 is 13.0. The third-order valence-corrected chi connectivity index (χ3v) is 5.85. The molecule has 3 atom stereocenters. The van der Waals surface area contributed by atoms with Gasteiger partial charge in [-0.25, -0.2) is 9.37 Å². The lowest BCUT2D eigenvalue weighted by Crippen LogP contribution is -2.39. The Morgan fingerprint density at radius 2 is 2.04 bits per heavy atom. The van der Waals surface area contributed by atoms with Crippen LogP contribution in [0.5, 0.6) is 0 Å². The minimum absolute atomic E-state index is 0.131. The molecule has 1 amide bonds. The first-order chi connectivity index (χ1) is 12.6. The van der Waals surface area contributed by atoms with Gasteiger partial charge in [-0.1, -0.05) is 12.1 Å². The van der Waals surface area contributed by atoms with Gasteiger partial charge in [0.25, 0.3) is 0 Å². The largest absolute Gasteiger partial charge is 0.355 e. The molecule has 0 spiro atoms. The average Bonchev–Trinajstić information content (AvgIpc) is 3.24. The van der Waals surface area contributed by atoms with Gasteiger partial charge < -0.3 is 9.80 Å². The van der Waals surface area contributed by atoms with Crippen LogP contribution in [0.3, 0.4) is 0 Å². The Bertz CT molecular complexity index is 767. The molecule has 5 nitrogen and oxygen atoms in total. The first kappa shape index (κ1) is 16.9. The van der Waals surface area contributed by atoms with Crippen LogP contribution in [0.1, 0.15) is 18.4 Å². The van der Waals surface area contributed by atoms with Crippen molar-refractivity contribution in [1.29, 1.82) is 0 Å². The molecular weight excluding hydrogens is 331 g/mol. The van der Waals surface area contributed by atoms with Crippen LogP contribution in [0.15, 0.2) is 42.9 Å². The number of fused-ring (bicyclic) bond motifs is 1. The summed E-state index contributed by atoms with van der Waals surface area (Å²) in [5.74, 6) is 1.77. The summed E-state index contributed by atoms with van der Waals surface area (Å²) in [5.41, 5.74) is 0.863. The highest BCUT2D eigenvalue weighted by Gasteiger charge is 2.45. The number of benzene rings is 1. The van der Waals surface area contributed by atoms with Gasteiger partial charge in [-0.05, 0) is 36.5 Å². The minimum Gasteiger partial charge on any atom is -0.355 e. The number of aromatic nitrogens is 2. The van der Waals surface area contributed by atoms with Gasteiger partial charge in [-0.3, -0.25) is 9.78 Å². The molecule has 1 saturated carbocycles. The summed E-state index contributed by atoms with van der Waals surface area (Å²) in [4.78, 5) is 25.4. The smallest absolute Gasteiger partial charge is 0.227 e. The van der Waals surface area contributed by atoms with E-state index in [2.05, 4.69) is 21.9 Å². The first-order valence-corrected chi connectivity index (χ1v) is 9.13. The van der Waals surface area contributed by atoms with Crippen molar-refractivity contribution in [3.05, 3.63) is 54.2 Å². The first-order valence-electron chi connectivity index (χ1n) is 9.13. The lowest BCUT2D eigenvalue weighted by molar-refractivity contribution is -0.129. The van der Waals surface area contributed by atoms with Gasteiger partial charge in [-0.2, -0.15) is 0 Å². The monoisotopic (exact) mass is 354 g/mol. The van der Waals surface area contributed by atoms with Crippen molar-refractivity contribution in [2.75, 3.05) is 25.0 Å². The second-order valence-corrected chi connectivity index (χ2v) is 7.35. The fourth-order valence-corrected chi connectivity index (χ4v) is 4.45. The van der Waals surface area contributed by atoms with E-state index in [9.17, 15) is 9.18 Å². The maximum Gasteiger partial charge on any atom is 0.227 e. The van der Waals surface area contributed by atoms with Gasteiger partial charge in [0, 0.05) is 44.5 Å². The van der Waals surface area contributed by atoms with Crippen molar-refractivity contribution in [3.63, 3.8) is 0 Å². The fourth-order valence-electron chi connectivity index (χ4n) is 4.45. The van der Waals surface area contributed by atoms with E-state index in [0.29, 0.717) is 24.3 Å². The molecule has 0 bridgehead atoms. The quantitative estimate of drug-likeness (QED) is 0.847. The van der Waals surface area contributed by atoms with Crippen LogP contribution in [0.25, 0.3) is 0 Å². The molecule has 1 aliphatic heterocycles. The van der Waals surface area contributed by atoms with E-state index in [1.54, 1.807) is 30.7 Å². The standard InChI is InChI=1S/C20H23FN4O/c1-24(19-11-22-8-9-23-19)18-7-4-15-12-25(13-17(15)18)20(26)10-14-2-5-16(21)6-3-14/h2-3,5-6,8-9,11,15,17-18H,4,7,10,12-13H2,1H3/t15-,17+,18-/m1/s1. The highest BCUT2D eigenvalue weighted by Crippen LogP contribution is 2.41. The Morgan fingerprint density at radius 3 is 2.77 bits per heavy atom. The maximum absolute atomic E-state index is 13.0. The normalized spacial score (nSPS) is 24.5. The average molecular weight is 354 g/mol. The van der Waals surface area contributed by atoms with E-state index in [1.807, 2.05) is 4.90 Å². The van der Waals surface area contributed by atoms with E-state index >= 15 is 0 Å². The van der Waals surface area contributed by atoms with Crippen LogP contribution in [-0.4, -0.2) is 47.0 Å². The topological polar surface area (TPSA) is 49.3 Å². The maximum atomic E-state index is 13.0. The molecule has 2 fully saturated rings. The van der Waals surface area contributed by atoms with Crippen LogP contribution in [-0.2, 0) is 11.2 Å². The van der Waals surface area contributed by atoms with Crippen LogP contribution in [0.4, 0.5) is 10.2 Å². The van der Waals surface area contributed by atoms with Crippen molar-refractivity contribution < 1.29 is 9.18 Å². The molecular formula is C20H23FN4O. The molecule has 0 N–H and O–H groups in total. The number of halogens is 1. The zero-order chi connectivity index (χ0) is 18.1. The lowest BCUT2D eigenvalue weighted by atomic mass is 9.97. The molecule has 4 rings (SSSR count). The van der Waals surface area contributed by atoms with Gasteiger partial charge in [0.05, 0.1) is 12.6 Å². The second-order valence-electron chi connectivity index (χ2n) is 7.35. The predicted molar refractivity (Wildman–Crippen MR) is 97.1 cm³/mol. The van der Waals surface area contributed by atoms with E-state index in [4.69, 9.17) is 0 Å². The molecule has 0 unspecified atom stereocenters. The zero-order valence-corrected chi connectivity index (χ0v) is 14.9. The fraction of sp³-hybridized carbons (Fsp3) is 0.450. The number of hydrogen-bond acceptors (Lipinski definition) is 4. The van der Waals surface area contributed by atoms with Crippen molar-refractivity contribution in [2.24, 2.45) is 11.8 Å². The third kappa shape index (κ3) is 3.28. The summed E-state index contributed by atoms with van der Waals surface area (Å²) in [5, 5.41) is 0. The zero-order valence-electron chi connectivity index (χ0n) is 14.9. The van der Waals surface area contributed by atoms with Crippen molar-refractivity contribution in [2.45, 2.75) is 25.3 Å². The number of hydrogen-bond donors (Lipinski definition) is 0. The van der Waals surface area contributed by atoms with Crippen molar-refractivity contribution in [1.82, 2.24) is 14.9 Å². The van der Waals surface area contributed by atoms with Crippen molar-refractivity contribution in [3.8, 4) is 0 Å². The Hall–Kier alpha value is -2.50. The number of anilines is 1. The molecule has 2 aliphatic rings. The number of likely N-dealkylation sites (tertiary alicyclic amines) is 1. The SMILES string of the molecule is CN(c1cnccn1)[C@@H]1CC[C@@H]2CN(C(=O)Cc3ccc(F)cc3)C[C@@H]21. The molecule has 1 aromatic heterocycles. The predicted octanol–water partition coefficient (Wildman–Crippen LogP) is 2.53. The summed E-state index contributed by atoms with van der Waals surface area (Å²) in [7, 11) is 2.07. The Labute approximate surface area is 152 Å². The highest BCUT2D eigenvalue weighted by atomic mass is 19.1. The molecule has 0 radical (unpaired) electrons. The number of rotatable bonds is 4. The van der Waals surface area contributed by atoms with Gasteiger partial charge >= 0.3 is 0 Å². The molecule has 2 aromatic rings. The molecule has 1 saturated heterocycles. The van der Waals surface area contributed by atoms with Gasteiger partial charge in [0.1, 0.15) is 11.6 Å². The molecule has 6 heteroatoms. The van der Waals surface area contributed by atoms with Crippen LogP contribution >= 0.6 is 0 Å². The molecule has 2 heterocycles. The van der Waals surface area contributed by atoms with E-state index < -0.39 is 0 Å². The van der Waals surface area contributed by atoms with E-state index in [-0.39, 0.29) is 11.7 Å². The minimum atomic E-state index is -0.271. The molecule has 26 heavy (non-hydrogen) atoms. The summed E-state index contributed by atoms with van der Waals surface area (Å²) >= 11 is 0.